The number of carbonyl (C=O) groups excluding carboxylic acids is 1. The molecule has 198 valence electrons. The molecule has 1 aliphatic heterocycles. The third kappa shape index (κ3) is 8.60. The van der Waals surface area contributed by atoms with Crippen molar-refractivity contribution >= 4 is 5.91 Å². The van der Waals surface area contributed by atoms with E-state index in [9.17, 15) is 24.0 Å². The number of hydrogen-bond donors (Lipinski definition) is 3. The van der Waals surface area contributed by atoms with Gasteiger partial charge in [0.05, 0.1) is 12.1 Å². The molecular formula is C27H38F2N4O3. The summed E-state index contributed by atoms with van der Waals surface area (Å²) >= 11 is 0. The molecule has 2 aromatic rings. The second-order valence-electron chi connectivity index (χ2n) is 11.0. The molecule has 7 nitrogen and oxygen atoms in total. The number of carbonyl (C=O) groups is 1. The second-order valence-corrected chi connectivity index (χ2v) is 11.0. The molecule has 0 radical (unpaired) electrons. The highest BCUT2D eigenvalue weighted by molar-refractivity contribution is 5.77. The fourth-order valence-corrected chi connectivity index (χ4v) is 4.64. The molecule has 1 amide bonds. The number of amides is 1. The quantitative estimate of drug-likeness (QED) is 0.345. The first-order chi connectivity index (χ1) is 16.8. The minimum atomic E-state index is -1.55. The van der Waals surface area contributed by atoms with Crippen molar-refractivity contribution in [3.8, 4) is 0 Å². The summed E-state index contributed by atoms with van der Waals surface area (Å²) in [6.07, 6.45) is 1.96. The van der Waals surface area contributed by atoms with Gasteiger partial charge in [-0.25, -0.2) is 8.78 Å². The Balaban J connectivity index is 1.59. The lowest BCUT2D eigenvalue weighted by atomic mass is 9.85. The maximum Gasteiger partial charge on any atom is 0.221 e. The summed E-state index contributed by atoms with van der Waals surface area (Å²) in [5, 5.41) is 24.4. The first-order valence-electron chi connectivity index (χ1n) is 12.4. The molecule has 0 aliphatic carbocycles. The normalized spacial score (nSPS) is 18.1. The number of rotatable bonds is 9. The Labute approximate surface area is 212 Å². The van der Waals surface area contributed by atoms with Gasteiger partial charge in [-0.05, 0) is 72.7 Å². The fraction of sp³-hybridized carbons (Fsp3) is 0.519. The first kappa shape index (κ1) is 28.1. The Hall–Kier alpha value is -2.43. The molecule has 1 aliphatic rings. The van der Waals surface area contributed by atoms with Crippen LogP contribution in [-0.2, 0) is 4.79 Å². The van der Waals surface area contributed by atoms with E-state index in [0.717, 1.165) is 33.0 Å². The van der Waals surface area contributed by atoms with Crippen LogP contribution in [-0.4, -0.2) is 53.7 Å². The van der Waals surface area contributed by atoms with Crippen molar-refractivity contribution in [3.63, 3.8) is 0 Å². The Kier molecular flexibility index (Phi) is 9.18. The van der Waals surface area contributed by atoms with Crippen molar-refractivity contribution in [3.05, 3.63) is 76.5 Å². The summed E-state index contributed by atoms with van der Waals surface area (Å²) in [4.78, 5) is 13.7. The molecule has 2 unspecified atom stereocenters. The van der Waals surface area contributed by atoms with Crippen molar-refractivity contribution in [1.29, 1.82) is 0 Å². The molecular weight excluding hydrogens is 466 g/mol. The Morgan fingerprint density at radius 1 is 1.11 bits per heavy atom. The van der Waals surface area contributed by atoms with Crippen molar-refractivity contribution in [2.45, 2.75) is 52.1 Å². The van der Waals surface area contributed by atoms with E-state index in [4.69, 9.17) is 0 Å². The van der Waals surface area contributed by atoms with E-state index in [-0.39, 0.29) is 23.3 Å². The van der Waals surface area contributed by atoms with Gasteiger partial charge in [0.25, 0.3) is 0 Å². The minimum Gasteiger partial charge on any atom is -0.578 e. The van der Waals surface area contributed by atoms with Gasteiger partial charge >= 0.3 is 0 Å². The van der Waals surface area contributed by atoms with E-state index in [1.54, 1.807) is 24.3 Å². The van der Waals surface area contributed by atoms with Crippen LogP contribution in [0, 0.1) is 28.2 Å². The van der Waals surface area contributed by atoms with Gasteiger partial charge in [0.1, 0.15) is 18.7 Å². The van der Waals surface area contributed by atoms with Gasteiger partial charge in [-0.2, -0.15) is 5.21 Å². The average Bonchev–Trinajstić information content (AvgIpc) is 2.77. The molecule has 0 saturated carbocycles. The zero-order valence-electron chi connectivity index (χ0n) is 21.5. The molecule has 0 spiro atoms. The monoisotopic (exact) mass is 504 g/mol. The summed E-state index contributed by atoms with van der Waals surface area (Å²) in [6, 6.07) is 11.1. The number of benzene rings is 2. The van der Waals surface area contributed by atoms with Gasteiger partial charge < -0.3 is 15.4 Å². The van der Waals surface area contributed by atoms with Gasteiger partial charge in [0.15, 0.2) is 0 Å². The molecule has 1 saturated heterocycles. The van der Waals surface area contributed by atoms with Crippen LogP contribution in [0.3, 0.4) is 0 Å². The smallest absolute Gasteiger partial charge is 0.221 e. The number of nitrogens with one attached hydrogen (secondary N) is 2. The van der Waals surface area contributed by atoms with Crippen molar-refractivity contribution in [2.24, 2.45) is 11.3 Å². The molecule has 3 N–H and O–H groups in total. The van der Waals surface area contributed by atoms with E-state index >= 15 is 0 Å². The second kappa shape index (κ2) is 11.7. The van der Waals surface area contributed by atoms with Crippen LogP contribution < -0.4 is 10.7 Å². The van der Waals surface area contributed by atoms with Crippen LogP contribution in [0.4, 0.5) is 8.78 Å². The average molecular weight is 505 g/mol. The molecule has 1 fully saturated rings. The summed E-state index contributed by atoms with van der Waals surface area (Å²) in [5.41, 5.74) is 3.60. The molecule has 2 aromatic carbocycles. The van der Waals surface area contributed by atoms with Gasteiger partial charge in [-0.15, -0.1) is 10.3 Å². The predicted octanol–water partition coefficient (Wildman–Crippen LogP) is 4.53. The minimum absolute atomic E-state index is 0.166. The number of likely N-dealkylation sites (tertiary alicyclic amines) is 1. The zero-order chi connectivity index (χ0) is 26.5. The highest BCUT2D eigenvalue weighted by Gasteiger charge is 2.33. The van der Waals surface area contributed by atoms with Crippen LogP contribution in [0.25, 0.3) is 0 Å². The van der Waals surface area contributed by atoms with Gasteiger partial charge in [0.2, 0.25) is 5.91 Å². The summed E-state index contributed by atoms with van der Waals surface area (Å²) in [6.45, 7) is 8.22. The summed E-state index contributed by atoms with van der Waals surface area (Å²) in [5.74, 6) is -0.825. The molecule has 0 bridgehead atoms. The Morgan fingerprint density at radius 3 is 2.08 bits per heavy atom. The van der Waals surface area contributed by atoms with Gasteiger partial charge in [0, 0.05) is 13.0 Å². The van der Waals surface area contributed by atoms with Crippen molar-refractivity contribution in [1.82, 2.24) is 15.6 Å². The highest BCUT2D eigenvalue weighted by atomic mass is 19.1. The molecule has 0 aromatic heterocycles. The molecule has 9 heteroatoms. The SMILES string of the molecule is CC(C)(C)C(CN1CCC(CC(=O)NC(c2cccc(F)c2)c2cccc(F)c2)CC1)N[N+](C)([O-])O. The van der Waals surface area contributed by atoms with E-state index in [1.807, 2.05) is 20.8 Å². The Bertz CT molecular complexity index is 969. The number of hydroxylamine groups is 2. The number of quaternary nitrogens is 1. The number of hydrogen-bond acceptors (Lipinski definition) is 5. The third-order valence-corrected chi connectivity index (χ3v) is 6.73. The highest BCUT2D eigenvalue weighted by Crippen LogP contribution is 2.27. The third-order valence-electron chi connectivity index (χ3n) is 6.73. The fourth-order valence-electron chi connectivity index (χ4n) is 4.64. The van der Waals surface area contributed by atoms with E-state index in [0.29, 0.717) is 24.1 Å². The van der Waals surface area contributed by atoms with Gasteiger partial charge in [-0.1, -0.05) is 45.0 Å². The molecule has 2 atom stereocenters. The molecule has 3 rings (SSSR count). The summed E-state index contributed by atoms with van der Waals surface area (Å²) in [7, 11) is 1.14. The van der Waals surface area contributed by atoms with Crippen LogP contribution in [0.5, 0.6) is 0 Å². The topological polar surface area (TPSA) is 87.7 Å². The van der Waals surface area contributed by atoms with E-state index in [2.05, 4.69) is 15.6 Å². The van der Waals surface area contributed by atoms with Crippen LogP contribution in [0.2, 0.25) is 0 Å². The largest absolute Gasteiger partial charge is 0.578 e. The number of piperidine rings is 1. The molecule has 1 heterocycles. The first-order valence-corrected chi connectivity index (χ1v) is 12.4. The maximum absolute atomic E-state index is 13.9. The van der Waals surface area contributed by atoms with E-state index in [1.165, 1.54) is 24.3 Å². The van der Waals surface area contributed by atoms with E-state index < -0.39 is 22.6 Å². The van der Waals surface area contributed by atoms with Crippen LogP contribution in [0.1, 0.15) is 57.2 Å². The van der Waals surface area contributed by atoms with Crippen molar-refractivity contribution < 1.29 is 23.7 Å². The standard InChI is InChI=1S/C27H38F2N4O3/c1-27(2,3)24(31-33(4,35)36)18-32-13-11-19(12-14-32)15-25(34)30-26(20-7-5-9-22(28)16-20)21-8-6-10-23(29)17-21/h5-10,16-17,19,24,26,31,35H,11-15,18H2,1-4H3,(H,30,34). The summed E-state index contributed by atoms with van der Waals surface area (Å²) < 4.78 is 27.8. The van der Waals surface area contributed by atoms with Gasteiger partial charge in [-0.3, -0.25) is 4.79 Å². The Morgan fingerprint density at radius 2 is 1.64 bits per heavy atom. The number of halogens is 2. The lowest BCUT2D eigenvalue weighted by Crippen LogP contribution is -2.60. The maximum atomic E-state index is 13.9. The number of nitrogens with zero attached hydrogens (tertiary/aromatic N) is 2. The lowest BCUT2D eigenvalue weighted by Gasteiger charge is -2.42. The zero-order valence-corrected chi connectivity index (χ0v) is 21.5. The molecule has 36 heavy (non-hydrogen) atoms. The van der Waals surface area contributed by atoms with Crippen LogP contribution >= 0.6 is 0 Å². The van der Waals surface area contributed by atoms with Crippen molar-refractivity contribution in [2.75, 3.05) is 26.7 Å². The lowest BCUT2D eigenvalue weighted by molar-refractivity contribution is -1.09. The predicted molar refractivity (Wildman–Crippen MR) is 134 cm³/mol. The van der Waals surface area contributed by atoms with Crippen LogP contribution in [0.15, 0.2) is 48.5 Å².